The van der Waals surface area contributed by atoms with E-state index in [1.54, 1.807) is 0 Å². The Bertz CT molecular complexity index is 429. The molecular weight excluding hydrogens is 279 g/mol. The minimum absolute atomic E-state index is 0.0884. The van der Waals surface area contributed by atoms with Crippen molar-refractivity contribution >= 4 is 29.1 Å². The summed E-state index contributed by atoms with van der Waals surface area (Å²) in [7, 11) is 0. The van der Waals surface area contributed by atoms with Gasteiger partial charge in [-0.1, -0.05) is 23.2 Å². The van der Waals surface area contributed by atoms with E-state index in [9.17, 15) is 15.0 Å². The number of nitrogens with one attached hydrogen (secondary N) is 1. The van der Waals surface area contributed by atoms with E-state index < -0.39 is 12.2 Å². The number of nitrogens with zero attached hydrogens (tertiary/aromatic N) is 1. The molecule has 1 aromatic rings. The SMILES string of the molecule is CC(=O)NCCC(O)C(O)c1cc(Cl)cnc1Cl. The molecule has 18 heavy (non-hydrogen) atoms. The van der Waals surface area contributed by atoms with E-state index in [0.717, 1.165) is 0 Å². The van der Waals surface area contributed by atoms with E-state index in [1.807, 2.05) is 0 Å². The van der Waals surface area contributed by atoms with Crippen molar-refractivity contribution in [2.24, 2.45) is 0 Å². The van der Waals surface area contributed by atoms with Crippen molar-refractivity contribution < 1.29 is 15.0 Å². The lowest BCUT2D eigenvalue weighted by Crippen LogP contribution is -2.27. The van der Waals surface area contributed by atoms with Gasteiger partial charge in [0.1, 0.15) is 11.3 Å². The van der Waals surface area contributed by atoms with Crippen LogP contribution in [0.5, 0.6) is 0 Å². The normalized spacial score (nSPS) is 14.1. The van der Waals surface area contributed by atoms with Gasteiger partial charge in [-0.3, -0.25) is 4.79 Å². The van der Waals surface area contributed by atoms with Crippen LogP contribution in [0.1, 0.15) is 25.0 Å². The molecule has 3 N–H and O–H groups in total. The molecule has 0 bridgehead atoms. The van der Waals surface area contributed by atoms with Crippen molar-refractivity contribution in [2.75, 3.05) is 6.54 Å². The molecule has 5 nitrogen and oxygen atoms in total. The largest absolute Gasteiger partial charge is 0.390 e. The van der Waals surface area contributed by atoms with Gasteiger partial charge in [0.15, 0.2) is 0 Å². The smallest absolute Gasteiger partial charge is 0.216 e. The lowest BCUT2D eigenvalue weighted by molar-refractivity contribution is -0.119. The quantitative estimate of drug-likeness (QED) is 0.715. The van der Waals surface area contributed by atoms with E-state index in [4.69, 9.17) is 23.2 Å². The third-order valence-corrected chi connectivity index (χ3v) is 2.85. The zero-order valence-electron chi connectivity index (χ0n) is 9.73. The Balaban J connectivity index is 2.64. The molecular formula is C11H14Cl2N2O3. The van der Waals surface area contributed by atoms with Gasteiger partial charge in [0.2, 0.25) is 5.91 Å². The van der Waals surface area contributed by atoms with Crippen LogP contribution in [0, 0.1) is 0 Å². The van der Waals surface area contributed by atoms with Crippen molar-refractivity contribution in [1.29, 1.82) is 0 Å². The molecule has 0 radical (unpaired) electrons. The fourth-order valence-electron chi connectivity index (χ4n) is 1.41. The van der Waals surface area contributed by atoms with E-state index in [2.05, 4.69) is 10.3 Å². The third kappa shape index (κ3) is 4.42. The van der Waals surface area contributed by atoms with Crippen LogP contribution in [0.25, 0.3) is 0 Å². The Hall–Kier alpha value is -0.880. The number of pyridine rings is 1. The average molecular weight is 293 g/mol. The fraction of sp³-hybridized carbons (Fsp3) is 0.455. The number of aliphatic hydroxyl groups is 2. The molecule has 2 atom stereocenters. The predicted molar refractivity (Wildman–Crippen MR) is 68.5 cm³/mol. The molecule has 100 valence electrons. The second-order valence-corrected chi connectivity index (χ2v) is 4.61. The fourth-order valence-corrected chi connectivity index (χ4v) is 1.79. The number of hydrogen-bond donors (Lipinski definition) is 3. The highest BCUT2D eigenvalue weighted by atomic mass is 35.5. The van der Waals surface area contributed by atoms with Crippen LogP contribution in [0.3, 0.4) is 0 Å². The molecule has 1 aromatic heterocycles. The summed E-state index contributed by atoms with van der Waals surface area (Å²) in [4.78, 5) is 14.4. The summed E-state index contributed by atoms with van der Waals surface area (Å²) < 4.78 is 0. The van der Waals surface area contributed by atoms with Gasteiger partial charge in [0.05, 0.1) is 11.1 Å². The molecule has 1 amide bonds. The lowest BCUT2D eigenvalue weighted by Gasteiger charge is -2.19. The first kappa shape index (κ1) is 15.2. The number of carbonyl (C=O) groups is 1. The summed E-state index contributed by atoms with van der Waals surface area (Å²) >= 11 is 11.5. The van der Waals surface area contributed by atoms with Gasteiger partial charge in [-0.05, 0) is 12.5 Å². The van der Waals surface area contributed by atoms with E-state index >= 15 is 0 Å². The monoisotopic (exact) mass is 292 g/mol. The molecule has 0 aromatic carbocycles. The number of hydrogen-bond acceptors (Lipinski definition) is 4. The summed E-state index contributed by atoms with van der Waals surface area (Å²) in [6, 6.07) is 1.45. The molecule has 0 aliphatic rings. The molecule has 1 rings (SSSR count). The van der Waals surface area contributed by atoms with Gasteiger partial charge >= 0.3 is 0 Å². The van der Waals surface area contributed by atoms with Crippen LogP contribution < -0.4 is 5.32 Å². The summed E-state index contributed by atoms with van der Waals surface area (Å²) in [6.45, 7) is 1.64. The number of aromatic nitrogens is 1. The molecule has 2 unspecified atom stereocenters. The van der Waals surface area contributed by atoms with E-state index in [0.29, 0.717) is 5.02 Å². The first-order chi connectivity index (χ1) is 8.41. The van der Waals surface area contributed by atoms with Crippen LogP contribution in [-0.2, 0) is 4.79 Å². The molecule has 0 aliphatic heterocycles. The number of rotatable bonds is 5. The topological polar surface area (TPSA) is 82.5 Å². The Morgan fingerprint density at radius 2 is 2.17 bits per heavy atom. The molecule has 7 heteroatoms. The van der Waals surface area contributed by atoms with Crippen molar-refractivity contribution in [1.82, 2.24) is 10.3 Å². The zero-order valence-corrected chi connectivity index (χ0v) is 11.2. The van der Waals surface area contributed by atoms with Crippen molar-refractivity contribution in [3.63, 3.8) is 0 Å². The molecule has 0 fully saturated rings. The van der Waals surface area contributed by atoms with Gasteiger partial charge < -0.3 is 15.5 Å². The van der Waals surface area contributed by atoms with Crippen LogP contribution in [0.2, 0.25) is 10.2 Å². The molecule has 0 spiro atoms. The van der Waals surface area contributed by atoms with Gasteiger partial charge in [0, 0.05) is 25.2 Å². The van der Waals surface area contributed by atoms with Crippen molar-refractivity contribution in [3.05, 3.63) is 28.0 Å². The Morgan fingerprint density at radius 3 is 2.78 bits per heavy atom. The van der Waals surface area contributed by atoms with Crippen LogP contribution >= 0.6 is 23.2 Å². The standard InChI is InChI=1S/C11H14Cl2N2O3/c1-6(16)14-3-2-9(17)10(18)8-4-7(12)5-15-11(8)13/h4-5,9-10,17-18H,2-3H2,1H3,(H,14,16). The Morgan fingerprint density at radius 1 is 1.50 bits per heavy atom. The second kappa shape index (κ2) is 6.89. The summed E-state index contributed by atoms with van der Waals surface area (Å²) in [5.74, 6) is -0.195. The van der Waals surface area contributed by atoms with Crippen LogP contribution in [0.4, 0.5) is 0 Å². The summed E-state index contributed by atoms with van der Waals surface area (Å²) in [5.41, 5.74) is 0.263. The number of halogens is 2. The highest BCUT2D eigenvalue weighted by Gasteiger charge is 2.21. The minimum atomic E-state index is -1.20. The third-order valence-electron chi connectivity index (χ3n) is 2.33. The van der Waals surface area contributed by atoms with Crippen molar-refractivity contribution in [3.8, 4) is 0 Å². The Kier molecular flexibility index (Phi) is 5.81. The van der Waals surface area contributed by atoms with Gasteiger partial charge in [-0.2, -0.15) is 0 Å². The number of aliphatic hydroxyl groups excluding tert-OH is 2. The molecule has 0 saturated carbocycles. The summed E-state index contributed by atoms with van der Waals surface area (Å²) in [5, 5.41) is 22.6. The van der Waals surface area contributed by atoms with Gasteiger partial charge in [0.25, 0.3) is 0 Å². The summed E-state index contributed by atoms with van der Waals surface area (Å²) in [6.07, 6.45) is -0.708. The maximum absolute atomic E-state index is 10.7. The second-order valence-electron chi connectivity index (χ2n) is 3.82. The zero-order chi connectivity index (χ0) is 13.7. The highest BCUT2D eigenvalue weighted by Crippen LogP contribution is 2.27. The maximum Gasteiger partial charge on any atom is 0.216 e. The first-order valence-electron chi connectivity index (χ1n) is 5.33. The maximum atomic E-state index is 10.7. The molecule has 1 heterocycles. The minimum Gasteiger partial charge on any atom is -0.390 e. The van der Waals surface area contributed by atoms with Gasteiger partial charge in [-0.25, -0.2) is 4.98 Å². The first-order valence-corrected chi connectivity index (χ1v) is 6.09. The average Bonchev–Trinajstić information content (AvgIpc) is 2.30. The molecule has 0 saturated heterocycles. The number of carbonyl (C=O) groups excluding carboxylic acids is 1. The highest BCUT2D eigenvalue weighted by molar-refractivity contribution is 6.32. The van der Waals surface area contributed by atoms with E-state index in [-0.39, 0.29) is 29.6 Å². The molecule has 0 aliphatic carbocycles. The predicted octanol–water partition coefficient (Wildman–Crippen LogP) is 1.31. The van der Waals surface area contributed by atoms with Crippen LogP contribution in [-0.4, -0.2) is 33.8 Å². The Labute approximate surface area is 115 Å². The number of amides is 1. The van der Waals surface area contributed by atoms with Crippen LogP contribution in [0.15, 0.2) is 12.3 Å². The van der Waals surface area contributed by atoms with Crippen molar-refractivity contribution in [2.45, 2.75) is 25.6 Å². The van der Waals surface area contributed by atoms with E-state index in [1.165, 1.54) is 19.2 Å². The lowest BCUT2D eigenvalue weighted by atomic mass is 10.0. The van der Waals surface area contributed by atoms with Gasteiger partial charge in [-0.15, -0.1) is 0 Å².